The van der Waals surface area contributed by atoms with Crippen LogP contribution in [0.5, 0.6) is 23.0 Å². The van der Waals surface area contributed by atoms with E-state index in [0.717, 1.165) is 12.2 Å². The molecule has 3 aromatic carbocycles. The van der Waals surface area contributed by atoms with Gasteiger partial charge in [-0.3, -0.25) is 5.32 Å². The summed E-state index contributed by atoms with van der Waals surface area (Å²) in [5.74, 6) is -8.07. The highest BCUT2D eigenvalue weighted by atomic mass is 16.6. The van der Waals surface area contributed by atoms with Crippen molar-refractivity contribution in [1.82, 2.24) is 5.32 Å². The van der Waals surface area contributed by atoms with Gasteiger partial charge in [0.05, 0.1) is 6.61 Å². The van der Waals surface area contributed by atoms with Gasteiger partial charge in [-0.1, -0.05) is 54.6 Å². The Balaban J connectivity index is 1.52. The molecule has 52 heavy (non-hydrogen) atoms. The maximum absolute atomic E-state index is 13.9. The maximum atomic E-state index is 13.9. The monoisotopic (exact) mass is 715 g/mol. The lowest BCUT2D eigenvalue weighted by molar-refractivity contribution is -0.377. The summed E-state index contributed by atoms with van der Waals surface area (Å²) in [7, 11) is 1.38. The van der Waals surface area contributed by atoms with E-state index >= 15 is 0 Å². The van der Waals surface area contributed by atoms with Crippen LogP contribution in [0.1, 0.15) is 23.1 Å². The number of aromatic hydroxyl groups is 4. The summed E-state index contributed by atoms with van der Waals surface area (Å²) in [5.41, 5.74) is -8.43. The third-order valence-electron chi connectivity index (χ3n) is 10.1. The quantitative estimate of drug-likeness (QED) is 0.0495. The van der Waals surface area contributed by atoms with Crippen LogP contribution in [-0.2, 0) is 35.0 Å². The molecular weight excluding hydrogens is 678 g/mol. The normalized spacial score (nSPS) is 30.6. The Hall–Kier alpha value is -5.67. The van der Waals surface area contributed by atoms with Crippen LogP contribution in [0.3, 0.4) is 0 Å². The smallest absolute Gasteiger partial charge is 0.336 e. The van der Waals surface area contributed by atoms with Gasteiger partial charge in [-0.05, 0) is 66.6 Å². The van der Waals surface area contributed by atoms with Crippen LogP contribution in [-0.4, -0.2) is 95.9 Å². The molecule has 0 radical (unpaired) electrons. The van der Waals surface area contributed by atoms with Crippen molar-refractivity contribution >= 4 is 30.1 Å². The number of aliphatic carboxylic acids is 1. The molecule has 0 aromatic heterocycles. The number of benzene rings is 3. The topological polar surface area (TPSA) is 233 Å². The molecule has 272 valence electrons. The number of ether oxygens (including phenoxy) is 3. The molecule has 2 aliphatic carbocycles. The van der Waals surface area contributed by atoms with Crippen LogP contribution in [0, 0.1) is 11.8 Å². The van der Waals surface area contributed by atoms with Gasteiger partial charge < -0.3 is 50.0 Å². The molecule has 14 nitrogen and oxygen atoms in total. The minimum atomic E-state index is -2.69. The summed E-state index contributed by atoms with van der Waals surface area (Å²) in [6, 6.07) is 16.0. The average Bonchev–Trinajstić information content (AvgIpc) is 3.12. The average molecular weight is 716 g/mol. The van der Waals surface area contributed by atoms with Crippen molar-refractivity contribution in [2.45, 2.75) is 41.5 Å². The summed E-state index contributed by atoms with van der Waals surface area (Å²) in [6.45, 7) is -0.195. The third kappa shape index (κ3) is 5.94. The highest BCUT2D eigenvalue weighted by molar-refractivity contribution is 5.89. The third-order valence-corrected chi connectivity index (χ3v) is 10.1. The van der Waals surface area contributed by atoms with E-state index in [1.54, 1.807) is 36.4 Å². The highest BCUT2D eigenvalue weighted by Gasteiger charge is 2.83. The van der Waals surface area contributed by atoms with Crippen molar-refractivity contribution in [2.24, 2.45) is 11.8 Å². The fraction of sp³-hybridized carbons (Fsp3) is 0.289. The van der Waals surface area contributed by atoms with Gasteiger partial charge in [0.15, 0.2) is 40.4 Å². The molecular formula is C38H37NO13. The van der Waals surface area contributed by atoms with Crippen molar-refractivity contribution in [1.29, 1.82) is 0 Å². The van der Waals surface area contributed by atoms with Gasteiger partial charge in [0.1, 0.15) is 5.60 Å². The zero-order valence-electron chi connectivity index (χ0n) is 27.7. The van der Waals surface area contributed by atoms with Gasteiger partial charge in [-0.15, -0.1) is 0 Å². The fourth-order valence-electron chi connectivity index (χ4n) is 7.58. The highest BCUT2D eigenvalue weighted by Crippen LogP contribution is 2.62. The molecule has 2 aliphatic heterocycles. The molecule has 2 bridgehead atoms. The largest absolute Gasteiger partial charge is 0.504 e. The molecule has 0 amide bonds. The van der Waals surface area contributed by atoms with E-state index < -0.39 is 82.0 Å². The number of carboxylic acids is 1. The fourth-order valence-corrected chi connectivity index (χ4v) is 7.58. The number of carbonyl (C=O) groups is 3. The maximum Gasteiger partial charge on any atom is 0.336 e. The van der Waals surface area contributed by atoms with E-state index in [9.17, 15) is 50.1 Å². The van der Waals surface area contributed by atoms with E-state index in [0.29, 0.717) is 5.56 Å². The Morgan fingerprint density at radius 2 is 1.46 bits per heavy atom. The van der Waals surface area contributed by atoms with Crippen LogP contribution in [0.15, 0.2) is 91.0 Å². The second-order valence-electron chi connectivity index (χ2n) is 13.1. The number of likely N-dealkylation sites (N-methyl/N-ethyl adjacent to an activating group) is 1. The van der Waals surface area contributed by atoms with Crippen molar-refractivity contribution in [3.8, 4) is 23.0 Å². The minimum Gasteiger partial charge on any atom is -0.504 e. The van der Waals surface area contributed by atoms with Gasteiger partial charge >= 0.3 is 17.9 Å². The van der Waals surface area contributed by atoms with E-state index in [1.165, 1.54) is 61.7 Å². The molecule has 2 heterocycles. The summed E-state index contributed by atoms with van der Waals surface area (Å²) in [4.78, 5) is 40.8. The van der Waals surface area contributed by atoms with Crippen LogP contribution in [0.2, 0.25) is 0 Å². The zero-order chi connectivity index (χ0) is 37.5. The van der Waals surface area contributed by atoms with Crippen molar-refractivity contribution < 1.29 is 64.3 Å². The molecule has 7 rings (SSSR count). The van der Waals surface area contributed by atoms with Gasteiger partial charge in [-0.2, -0.15) is 0 Å². The zero-order valence-corrected chi connectivity index (χ0v) is 27.7. The molecule has 2 fully saturated rings. The van der Waals surface area contributed by atoms with Gasteiger partial charge in [-0.25, -0.2) is 14.4 Å². The SMILES string of the molecule is CNC1(O)C2C=CC3(CC(O)(C(=O)O)C(Cc4ccccc4)C(OC(=O)C=Cc4ccc(O)c(O)c4)C31OC(=O)C=Cc1ccc(O)c(O)c1)OC2. The Labute approximate surface area is 297 Å². The summed E-state index contributed by atoms with van der Waals surface area (Å²) < 4.78 is 18.6. The number of aliphatic hydroxyl groups is 2. The number of nitrogens with one attached hydrogen (secondary N) is 1. The first kappa shape index (κ1) is 36.1. The number of carboxylic acid groups (broad SMARTS) is 1. The Bertz CT molecular complexity index is 1980. The van der Waals surface area contributed by atoms with Gasteiger partial charge in [0.2, 0.25) is 5.60 Å². The summed E-state index contributed by atoms with van der Waals surface area (Å²) in [6.07, 6.45) is 4.50. The molecule has 1 saturated heterocycles. The Kier molecular flexibility index (Phi) is 9.36. The predicted octanol–water partition coefficient (Wildman–Crippen LogP) is 2.37. The number of esters is 2. The lowest BCUT2D eigenvalue weighted by atomic mass is 9.50. The number of fused-ring (bicyclic) bond motifs is 1. The molecule has 7 unspecified atom stereocenters. The molecule has 4 aliphatic rings. The first-order valence-electron chi connectivity index (χ1n) is 16.3. The van der Waals surface area contributed by atoms with Crippen molar-refractivity contribution in [3.05, 3.63) is 108 Å². The predicted molar refractivity (Wildman–Crippen MR) is 182 cm³/mol. The van der Waals surface area contributed by atoms with Crippen LogP contribution in [0.25, 0.3) is 12.2 Å². The molecule has 8 N–H and O–H groups in total. The number of rotatable bonds is 10. The molecule has 7 atom stereocenters. The standard InChI is InChI=1S/C38H37NO13/c1-39-38(49)25-15-16-35(50-20-25)21-36(48,34(46)47)26(17-22-5-3-2-4-6-22)33(51-31(44)13-9-23-7-11-27(40)29(42)18-23)37(35,38)52-32(45)14-10-24-8-12-28(41)30(43)19-24/h2-16,18-19,25-26,33,39-43,48-49H,17,20-21H2,1H3,(H,46,47). The number of hydrogen-bond donors (Lipinski definition) is 8. The second-order valence-corrected chi connectivity index (χ2v) is 13.1. The van der Waals surface area contributed by atoms with Crippen molar-refractivity contribution in [2.75, 3.05) is 13.7 Å². The van der Waals surface area contributed by atoms with Crippen LogP contribution in [0.4, 0.5) is 0 Å². The lowest BCUT2D eigenvalue weighted by Gasteiger charge is -2.68. The van der Waals surface area contributed by atoms with E-state index in [1.807, 2.05) is 0 Å². The lowest BCUT2D eigenvalue weighted by Crippen LogP contribution is -2.90. The van der Waals surface area contributed by atoms with E-state index in [4.69, 9.17) is 14.2 Å². The minimum absolute atomic E-state index is 0.195. The number of hydrogen-bond acceptors (Lipinski definition) is 13. The number of phenols is 4. The van der Waals surface area contributed by atoms with E-state index in [-0.39, 0.29) is 29.9 Å². The van der Waals surface area contributed by atoms with E-state index in [2.05, 4.69) is 5.32 Å². The second kappa shape index (κ2) is 13.5. The first-order valence-corrected chi connectivity index (χ1v) is 16.3. The Morgan fingerprint density at radius 1 is 0.865 bits per heavy atom. The number of carbonyl (C=O) groups excluding carboxylic acids is 2. The summed E-state index contributed by atoms with van der Waals surface area (Å²) >= 11 is 0. The van der Waals surface area contributed by atoms with Gasteiger partial charge in [0.25, 0.3) is 0 Å². The Morgan fingerprint density at radius 3 is 1.98 bits per heavy atom. The molecule has 3 aromatic rings. The first-order chi connectivity index (χ1) is 24.7. The van der Waals surface area contributed by atoms with Crippen LogP contribution >= 0.6 is 0 Å². The van der Waals surface area contributed by atoms with Crippen molar-refractivity contribution in [3.63, 3.8) is 0 Å². The number of phenolic OH excluding ortho intramolecular Hbond substituents is 4. The molecule has 1 spiro atoms. The van der Waals surface area contributed by atoms with Crippen LogP contribution < -0.4 is 5.32 Å². The molecule has 1 saturated carbocycles. The summed E-state index contributed by atoms with van der Waals surface area (Å²) in [5, 5.41) is 77.6. The van der Waals surface area contributed by atoms with Gasteiger partial charge in [0, 0.05) is 30.4 Å². The molecule has 14 heteroatoms.